The average Bonchev–Trinajstić information content (AvgIpc) is 3.02. The van der Waals surface area contributed by atoms with Crippen LogP contribution in [0.1, 0.15) is 16.7 Å². The lowest BCUT2D eigenvalue weighted by molar-refractivity contribution is -0.113. The fourth-order valence-corrected chi connectivity index (χ4v) is 4.10. The Morgan fingerprint density at radius 2 is 1.93 bits per heavy atom. The molecule has 2 aliphatic rings. The number of likely N-dealkylation sites (N-methyl/N-ethyl adjacent to an activating group) is 1. The average molecular weight is 395 g/mol. The third-order valence-corrected chi connectivity index (χ3v) is 5.50. The van der Waals surface area contributed by atoms with Gasteiger partial charge in [-0.15, -0.1) is 0 Å². The van der Waals surface area contributed by atoms with Gasteiger partial charge in [0, 0.05) is 25.8 Å². The Balaban J connectivity index is 1.85. The van der Waals surface area contributed by atoms with Crippen LogP contribution in [0.15, 0.2) is 41.6 Å². The largest absolute Gasteiger partial charge is 0.410 e. The summed E-state index contributed by atoms with van der Waals surface area (Å²) in [6.07, 6.45) is 0.890. The van der Waals surface area contributed by atoms with E-state index in [9.17, 15) is 10.0 Å². The van der Waals surface area contributed by atoms with Crippen LogP contribution in [0.4, 0.5) is 5.69 Å². The third kappa shape index (κ3) is 3.53. The molecule has 0 saturated carbocycles. The highest BCUT2D eigenvalue weighted by atomic mass is 16.5. The number of carbonyl (C=O) groups is 1. The fourth-order valence-electron chi connectivity index (χ4n) is 4.10. The first kappa shape index (κ1) is 19.6. The zero-order chi connectivity index (χ0) is 20.4. The molecule has 0 bridgehead atoms. The molecule has 0 fully saturated rings. The Kier molecular flexibility index (Phi) is 5.62. The summed E-state index contributed by atoms with van der Waals surface area (Å²) >= 11 is 0. The Morgan fingerprint density at radius 1 is 1.14 bits per heavy atom. The predicted molar refractivity (Wildman–Crippen MR) is 110 cm³/mol. The van der Waals surface area contributed by atoms with Crippen LogP contribution in [0.25, 0.3) is 11.1 Å². The fraction of sp³-hybridized carbons (Fsp3) is 0.364. The van der Waals surface area contributed by atoms with E-state index in [2.05, 4.69) is 29.2 Å². The molecule has 0 spiro atoms. The molecule has 4 rings (SSSR count). The lowest BCUT2D eigenvalue weighted by atomic mass is 9.87. The Morgan fingerprint density at radius 3 is 2.66 bits per heavy atom. The van der Waals surface area contributed by atoms with Crippen LogP contribution in [-0.2, 0) is 27.2 Å². The predicted octanol–water partition coefficient (Wildman–Crippen LogP) is 2.49. The second kappa shape index (κ2) is 8.32. The summed E-state index contributed by atoms with van der Waals surface area (Å²) in [7, 11) is 3.68. The lowest BCUT2D eigenvalue weighted by Crippen LogP contribution is -2.35. The van der Waals surface area contributed by atoms with Gasteiger partial charge in [0.1, 0.15) is 6.73 Å². The van der Waals surface area contributed by atoms with E-state index in [0.29, 0.717) is 18.8 Å². The second-order valence-corrected chi connectivity index (χ2v) is 7.34. The molecular weight excluding hydrogens is 370 g/mol. The van der Waals surface area contributed by atoms with Gasteiger partial charge in [-0.2, -0.15) is 0 Å². The molecule has 29 heavy (non-hydrogen) atoms. The number of nitrogens with zero attached hydrogens (tertiary/aromatic N) is 3. The number of fused-ring (bicyclic) bond motifs is 3. The minimum absolute atomic E-state index is 0.0588. The van der Waals surface area contributed by atoms with Gasteiger partial charge in [-0.3, -0.25) is 9.69 Å². The first-order chi connectivity index (χ1) is 14.2. The van der Waals surface area contributed by atoms with Crippen LogP contribution >= 0.6 is 0 Å². The quantitative estimate of drug-likeness (QED) is 0.462. The van der Waals surface area contributed by atoms with Gasteiger partial charge in [-0.1, -0.05) is 35.5 Å². The maximum atomic E-state index is 13.0. The molecule has 2 aromatic carbocycles. The highest BCUT2D eigenvalue weighted by Gasteiger charge is 2.39. The Hall–Kier alpha value is -2.74. The van der Waals surface area contributed by atoms with Gasteiger partial charge in [-0.05, 0) is 41.8 Å². The number of anilines is 1. The molecule has 0 aliphatic carbocycles. The van der Waals surface area contributed by atoms with E-state index < -0.39 is 0 Å². The number of ether oxygens (including phenoxy) is 2. The molecule has 152 valence electrons. The number of oxime groups is 1. The summed E-state index contributed by atoms with van der Waals surface area (Å²) < 4.78 is 10.7. The molecule has 1 N–H and O–H groups in total. The molecule has 0 aromatic heterocycles. The SMILES string of the molecule is COCCOCN1C(=O)/C(=N/O)c2cc(-c3ccccc3)c3c(c21)CN(C)CC3. The van der Waals surface area contributed by atoms with Crippen LogP contribution < -0.4 is 4.90 Å². The zero-order valence-electron chi connectivity index (χ0n) is 16.7. The zero-order valence-corrected chi connectivity index (χ0v) is 16.7. The molecule has 7 heteroatoms. The molecule has 2 heterocycles. The molecule has 0 atom stereocenters. The molecule has 2 aromatic rings. The van der Waals surface area contributed by atoms with E-state index in [1.165, 1.54) is 5.56 Å². The second-order valence-electron chi connectivity index (χ2n) is 7.34. The number of amides is 1. The summed E-state index contributed by atoms with van der Waals surface area (Å²) in [6, 6.07) is 12.1. The number of benzene rings is 2. The van der Waals surface area contributed by atoms with Crippen molar-refractivity contribution in [3.05, 3.63) is 53.1 Å². The van der Waals surface area contributed by atoms with E-state index >= 15 is 0 Å². The summed E-state index contributed by atoms with van der Waals surface area (Å²) in [5.41, 5.74) is 6.02. The molecule has 2 aliphatic heterocycles. The van der Waals surface area contributed by atoms with Crippen molar-refractivity contribution in [1.29, 1.82) is 0 Å². The molecule has 0 radical (unpaired) electrons. The van der Waals surface area contributed by atoms with E-state index in [4.69, 9.17) is 9.47 Å². The van der Waals surface area contributed by atoms with Crippen molar-refractivity contribution in [2.75, 3.05) is 45.5 Å². The Bertz CT molecular complexity index is 943. The van der Waals surface area contributed by atoms with Gasteiger partial charge in [0.15, 0.2) is 5.71 Å². The first-order valence-corrected chi connectivity index (χ1v) is 9.69. The van der Waals surface area contributed by atoms with Crippen LogP contribution in [0, 0.1) is 0 Å². The van der Waals surface area contributed by atoms with Gasteiger partial charge in [0.25, 0.3) is 5.91 Å². The molecular formula is C22H25N3O4. The van der Waals surface area contributed by atoms with E-state index in [1.54, 1.807) is 12.0 Å². The summed E-state index contributed by atoms with van der Waals surface area (Å²) in [6.45, 7) is 2.59. The van der Waals surface area contributed by atoms with Gasteiger partial charge in [-0.25, -0.2) is 0 Å². The van der Waals surface area contributed by atoms with Gasteiger partial charge < -0.3 is 19.6 Å². The maximum Gasteiger partial charge on any atom is 0.282 e. The van der Waals surface area contributed by atoms with Crippen molar-refractivity contribution >= 4 is 17.3 Å². The highest BCUT2D eigenvalue weighted by Crippen LogP contribution is 2.42. The van der Waals surface area contributed by atoms with Gasteiger partial charge >= 0.3 is 0 Å². The number of rotatable bonds is 6. The normalized spacial score (nSPS) is 17.7. The molecule has 0 saturated heterocycles. The van der Waals surface area contributed by atoms with Crippen LogP contribution in [-0.4, -0.2) is 62.4 Å². The van der Waals surface area contributed by atoms with Crippen molar-refractivity contribution in [3.63, 3.8) is 0 Å². The van der Waals surface area contributed by atoms with Gasteiger partial charge in [0.05, 0.1) is 18.9 Å². The maximum absolute atomic E-state index is 13.0. The molecule has 7 nitrogen and oxygen atoms in total. The number of hydrogen-bond acceptors (Lipinski definition) is 6. The van der Waals surface area contributed by atoms with Crippen molar-refractivity contribution in [3.8, 4) is 11.1 Å². The van der Waals surface area contributed by atoms with E-state index in [-0.39, 0.29) is 18.3 Å². The van der Waals surface area contributed by atoms with Crippen molar-refractivity contribution < 1.29 is 19.5 Å². The van der Waals surface area contributed by atoms with Crippen LogP contribution in [0.2, 0.25) is 0 Å². The smallest absolute Gasteiger partial charge is 0.282 e. The van der Waals surface area contributed by atoms with Crippen LogP contribution in [0.5, 0.6) is 0 Å². The molecule has 1 amide bonds. The topological polar surface area (TPSA) is 74.6 Å². The van der Waals surface area contributed by atoms with E-state index in [0.717, 1.165) is 41.9 Å². The number of hydrogen-bond donors (Lipinski definition) is 1. The standard InChI is InChI=1S/C22H25N3O4/c1-24-9-8-16-17(15-6-4-3-5-7-15)12-18-20(23-27)22(26)25(14-29-11-10-28-2)21(18)19(16)13-24/h3-7,12,27H,8-11,13-14H2,1-2H3/b23-20+. The van der Waals surface area contributed by atoms with Crippen molar-refractivity contribution in [1.82, 2.24) is 4.90 Å². The minimum atomic E-state index is -0.347. The summed E-state index contributed by atoms with van der Waals surface area (Å²) in [5.74, 6) is -0.347. The number of carbonyl (C=O) groups excluding carboxylic acids is 1. The van der Waals surface area contributed by atoms with Gasteiger partial charge in [0.2, 0.25) is 0 Å². The monoisotopic (exact) mass is 395 g/mol. The van der Waals surface area contributed by atoms with Crippen molar-refractivity contribution in [2.24, 2.45) is 5.16 Å². The summed E-state index contributed by atoms with van der Waals surface area (Å²) in [4.78, 5) is 16.8. The first-order valence-electron chi connectivity index (χ1n) is 9.69. The third-order valence-electron chi connectivity index (χ3n) is 5.50. The summed E-state index contributed by atoms with van der Waals surface area (Å²) in [5, 5.41) is 12.9. The minimum Gasteiger partial charge on any atom is -0.410 e. The van der Waals surface area contributed by atoms with Crippen LogP contribution in [0.3, 0.4) is 0 Å². The van der Waals surface area contributed by atoms with E-state index in [1.807, 2.05) is 24.3 Å². The lowest BCUT2D eigenvalue weighted by Gasteiger charge is -2.31. The molecule has 0 unspecified atom stereocenters. The highest BCUT2D eigenvalue weighted by molar-refractivity contribution is 6.54. The number of methoxy groups -OCH3 is 1. The van der Waals surface area contributed by atoms with Crippen molar-refractivity contribution in [2.45, 2.75) is 13.0 Å². The Labute approximate surface area is 170 Å².